The lowest BCUT2D eigenvalue weighted by Gasteiger charge is -2.28. The summed E-state index contributed by atoms with van der Waals surface area (Å²) in [7, 11) is 0. The zero-order valence-electron chi connectivity index (χ0n) is 15.6. The molecule has 0 fully saturated rings. The zero-order chi connectivity index (χ0) is 17.3. The van der Waals surface area contributed by atoms with E-state index < -0.39 is 5.60 Å². The first-order chi connectivity index (χ1) is 10.9. The minimum atomic E-state index is -0.685. The first kappa shape index (κ1) is 23.2. The van der Waals surface area contributed by atoms with Crippen LogP contribution in [0.25, 0.3) is 0 Å². The summed E-state index contributed by atoms with van der Waals surface area (Å²) in [6.45, 7) is 11.6. The Morgan fingerprint density at radius 2 is 1.79 bits per heavy atom. The maximum atomic E-state index is 10.7. The summed E-state index contributed by atoms with van der Waals surface area (Å²) in [6.07, 6.45) is 3.48. The molecule has 1 aromatic heterocycles. The van der Waals surface area contributed by atoms with Crippen molar-refractivity contribution in [3.8, 4) is 0 Å². The lowest BCUT2D eigenvalue weighted by atomic mass is 9.93. The van der Waals surface area contributed by atoms with Gasteiger partial charge in [0.15, 0.2) is 5.96 Å². The number of hydrogen-bond acceptors (Lipinski definition) is 4. The molecule has 7 heteroatoms. The van der Waals surface area contributed by atoms with Gasteiger partial charge >= 0.3 is 0 Å². The van der Waals surface area contributed by atoms with Gasteiger partial charge in [-0.25, -0.2) is 9.98 Å². The largest absolute Gasteiger partial charge is 0.444 e. The molecule has 0 aliphatic carbocycles. The number of oxazole rings is 1. The Balaban J connectivity index is 0.00000529. The molecule has 0 unspecified atom stereocenters. The number of aromatic nitrogens is 1. The summed E-state index contributed by atoms with van der Waals surface area (Å²) in [5.41, 5.74) is 0.212. The van der Waals surface area contributed by atoms with E-state index in [1.54, 1.807) is 0 Å². The molecular weight excluding hydrogens is 419 g/mol. The van der Waals surface area contributed by atoms with Crippen molar-refractivity contribution in [1.29, 1.82) is 0 Å². The van der Waals surface area contributed by atoms with E-state index in [2.05, 4.69) is 34.5 Å². The monoisotopic (exact) mass is 452 g/mol. The molecule has 1 rings (SSSR count). The maximum Gasteiger partial charge on any atom is 0.216 e. The number of nitrogens with one attached hydrogen (secondary N) is 2. The van der Waals surface area contributed by atoms with Gasteiger partial charge < -0.3 is 20.2 Å². The van der Waals surface area contributed by atoms with Gasteiger partial charge in [0, 0.05) is 13.1 Å². The van der Waals surface area contributed by atoms with Crippen LogP contribution in [0.3, 0.4) is 0 Å². The van der Waals surface area contributed by atoms with E-state index in [-0.39, 0.29) is 24.0 Å². The highest BCUT2D eigenvalue weighted by Crippen LogP contribution is 2.18. The topological polar surface area (TPSA) is 82.7 Å². The van der Waals surface area contributed by atoms with Gasteiger partial charge in [0.05, 0.1) is 11.3 Å². The zero-order valence-corrected chi connectivity index (χ0v) is 17.9. The molecule has 6 nitrogen and oxygen atoms in total. The number of aryl methyl sites for hydroxylation is 2. The molecule has 0 radical (unpaired) electrons. The van der Waals surface area contributed by atoms with Crippen LogP contribution in [-0.4, -0.2) is 34.7 Å². The fourth-order valence-electron chi connectivity index (χ4n) is 2.58. The third kappa shape index (κ3) is 7.83. The van der Waals surface area contributed by atoms with E-state index in [0.717, 1.165) is 43.7 Å². The van der Waals surface area contributed by atoms with Crippen LogP contribution in [0.2, 0.25) is 0 Å². The third-order valence-electron chi connectivity index (χ3n) is 3.81. The molecule has 0 aliphatic heterocycles. The van der Waals surface area contributed by atoms with Crippen molar-refractivity contribution < 1.29 is 9.52 Å². The van der Waals surface area contributed by atoms with Crippen molar-refractivity contribution in [3.63, 3.8) is 0 Å². The Morgan fingerprint density at radius 1 is 1.17 bits per heavy atom. The first-order valence-electron chi connectivity index (χ1n) is 8.61. The third-order valence-corrected chi connectivity index (χ3v) is 3.81. The summed E-state index contributed by atoms with van der Waals surface area (Å²) in [4.78, 5) is 8.82. The van der Waals surface area contributed by atoms with Crippen LogP contribution >= 0.6 is 24.0 Å². The number of rotatable bonds is 9. The van der Waals surface area contributed by atoms with Crippen LogP contribution in [0.4, 0.5) is 0 Å². The molecule has 0 aromatic carbocycles. The molecule has 1 aromatic rings. The fourth-order valence-corrected chi connectivity index (χ4v) is 2.58. The van der Waals surface area contributed by atoms with Crippen molar-refractivity contribution >= 4 is 29.9 Å². The summed E-state index contributed by atoms with van der Waals surface area (Å²) in [5, 5.41) is 17.1. The Hall–Kier alpha value is -0.830. The molecule has 0 saturated carbocycles. The Labute approximate surface area is 162 Å². The van der Waals surface area contributed by atoms with Crippen molar-refractivity contribution in [3.05, 3.63) is 17.3 Å². The lowest BCUT2D eigenvalue weighted by molar-refractivity contribution is 0.0257. The number of halogens is 1. The van der Waals surface area contributed by atoms with Gasteiger partial charge in [-0.3, -0.25) is 0 Å². The summed E-state index contributed by atoms with van der Waals surface area (Å²) < 4.78 is 5.54. The Morgan fingerprint density at radius 3 is 2.25 bits per heavy atom. The van der Waals surface area contributed by atoms with E-state index in [9.17, 15) is 5.11 Å². The minimum Gasteiger partial charge on any atom is -0.444 e. The van der Waals surface area contributed by atoms with Gasteiger partial charge in [-0.15, -0.1) is 24.0 Å². The van der Waals surface area contributed by atoms with Crippen LogP contribution < -0.4 is 10.6 Å². The minimum absolute atomic E-state index is 0. The second-order valence-electron chi connectivity index (χ2n) is 6.02. The molecule has 24 heavy (non-hydrogen) atoms. The van der Waals surface area contributed by atoms with Gasteiger partial charge in [-0.2, -0.15) is 0 Å². The molecule has 3 N–H and O–H groups in total. The molecule has 0 amide bonds. The number of hydrogen-bond donors (Lipinski definition) is 3. The van der Waals surface area contributed by atoms with Gasteiger partial charge in [-0.05, 0) is 33.6 Å². The van der Waals surface area contributed by atoms with E-state index in [4.69, 9.17) is 4.42 Å². The molecule has 0 saturated heterocycles. The Bertz CT molecular complexity index is 477. The predicted octanol–water partition coefficient (Wildman–Crippen LogP) is 3.30. The fraction of sp³-hybridized carbons (Fsp3) is 0.765. The molecule has 0 bridgehead atoms. The number of nitrogens with zero attached hydrogens (tertiary/aromatic N) is 2. The van der Waals surface area contributed by atoms with Crippen LogP contribution in [0, 0.1) is 13.8 Å². The van der Waals surface area contributed by atoms with E-state index in [1.807, 2.05) is 20.8 Å². The van der Waals surface area contributed by atoms with E-state index >= 15 is 0 Å². The lowest BCUT2D eigenvalue weighted by Crippen LogP contribution is -2.47. The smallest absolute Gasteiger partial charge is 0.216 e. The van der Waals surface area contributed by atoms with Crippen LogP contribution in [0.5, 0.6) is 0 Å². The summed E-state index contributed by atoms with van der Waals surface area (Å²) in [5.74, 6) is 2.11. The highest BCUT2D eigenvalue weighted by atomic mass is 127. The van der Waals surface area contributed by atoms with Crippen molar-refractivity contribution in [2.75, 3.05) is 13.1 Å². The molecule has 1 heterocycles. The molecular formula is C17H33IN4O2. The number of aliphatic imine (C=N–C) groups is 1. The second-order valence-corrected chi connectivity index (χ2v) is 6.02. The number of guanidine groups is 1. The Kier molecular flexibility index (Phi) is 11.3. The highest BCUT2D eigenvalue weighted by Gasteiger charge is 2.24. The molecule has 0 atom stereocenters. The van der Waals surface area contributed by atoms with Crippen molar-refractivity contribution in [2.45, 2.75) is 72.4 Å². The number of aliphatic hydroxyl groups is 1. The highest BCUT2D eigenvalue weighted by molar-refractivity contribution is 14.0. The molecule has 0 aliphatic rings. The average Bonchev–Trinajstić information content (AvgIpc) is 2.81. The first-order valence-corrected chi connectivity index (χ1v) is 8.61. The van der Waals surface area contributed by atoms with Crippen LogP contribution in [-0.2, 0) is 6.54 Å². The van der Waals surface area contributed by atoms with E-state index in [0.29, 0.717) is 24.9 Å². The maximum absolute atomic E-state index is 10.7. The quantitative estimate of drug-likeness (QED) is 0.304. The van der Waals surface area contributed by atoms with Gasteiger partial charge in [-0.1, -0.05) is 26.7 Å². The van der Waals surface area contributed by atoms with Crippen LogP contribution in [0.15, 0.2) is 9.41 Å². The second kappa shape index (κ2) is 11.7. The molecule has 0 spiro atoms. The standard InChI is InChI=1S/C17H32N4O2.HI/c1-6-9-17(22,10-7-2)12-20-16(18-8-3)19-11-15-21-13(4)14(5)23-15;/h22H,6-12H2,1-5H3,(H2,18,19,20);1H. The summed E-state index contributed by atoms with van der Waals surface area (Å²) in [6, 6.07) is 0. The summed E-state index contributed by atoms with van der Waals surface area (Å²) >= 11 is 0. The van der Waals surface area contributed by atoms with Gasteiger partial charge in [0.1, 0.15) is 12.3 Å². The normalized spacial score (nSPS) is 12.0. The predicted molar refractivity (Wildman–Crippen MR) is 109 cm³/mol. The van der Waals surface area contributed by atoms with Crippen molar-refractivity contribution in [2.24, 2.45) is 4.99 Å². The SMILES string of the molecule is CCCC(O)(CCC)CNC(=NCc1nc(C)c(C)o1)NCC.I. The van der Waals surface area contributed by atoms with Gasteiger partial charge in [0.25, 0.3) is 0 Å². The van der Waals surface area contributed by atoms with Gasteiger partial charge in [0.2, 0.25) is 5.89 Å². The van der Waals surface area contributed by atoms with Crippen molar-refractivity contribution in [1.82, 2.24) is 15.6 Å². The average molecular weight is 452 g/mol. The van der Waals surface area contributed by atoms with E-state index in [1.165, 1.54) is 0 Å². The molecule has 140 valence electrons. The van der Waals surface area contributed by atoms with Crippen LogP contribution in [0.1, 0.15) is 63.8 Å².